The number of amides is 2. The minimum atomic E-state index is -0.294. The second-order valence-corrected chi connectivity index (χ2v) is 3.32. The number of hydrogen-bond acceptors (Lipinski definition) is 4. The minimum absolute atomic E-state index is 0.0419. The number of carbonyl (C=O) groups excluding carboxylic acids is 3. The molecule has 92 valence electrons. The van der Waals surface area contributed by atoms with Gasteiger partial charge in [0.2, 0.25) is 11.8 Å². The molecule has 0 aromatic rings. The van der Waals surface area contributed by atoms with E-state index in [2.05, 4.69) is 10.6 Å². The van der Waals surface area contributed by atoms with Gasteiger partial charge in [-0.15, -0.1) is 0 Å². The van der Waals surface area contributed by atoms with Crippen LogP contribution in [0.5, 0.6) is 0 Å². The van der Waals surface area contributed by atoms with Gasteiger partial charge in [-0.3, -0.25) is 9.59 Å². The fraction of sp³-hybridized carbons (Fsp3) is 0.700. The summed E-state index contributed by atoms with van der Waals surface area (Å²) in [7, 11) is 1.54. The van der Waals surface area contributed by atoms with Crippen LogP contribution in [0.4, 0.5) is 0 Å². The highest BCUT2D eigenvalue weighted by Gasteiger charge is 2.05. The first-order valence-electron chi connectivity index (χ1n) is 5.08. The molecule has 0 unspecified atom stereocenters. The van der Waals surface area contributed by atoms with E-state index in [1.807, 2.05) is 0 Å². The van der Waals surface area contributed by atoms with Crippen molar-refractivity contribution in [3.63, 3.8) is 0 Å². The van der Waals surface area contributed by atoms with Crippen molar-refractivity contribution < 1.29 is 19.1 Å². The van der Waals surface area contributed by atoms with Gasteiger partial charge in [0, 0.05) is 26.5 Å². The third-order valence-electron chi connectivity index (χ3n) is 1.78. The molecule has 0 aliphatic heterocycles. The van der Waals surface area contributed by atoms with Crippen LogP contribution in [-0.2, 0) is 19.1 Å². The Kier molecular flexibility index (Phi) is 8.05. The maximum atomic E-state index is 11.1. The van der Waals surface area contributed by atoms with Crippen LogP contribution in [0, 0.1) is 0 Å². The molecule has 2 N–H and O–H groups in total. The Labute approximate surface area is 94.7 Å². The van der Waals surface area contributed by atoms with E-state index in [9.17, 15) is 14.4 Å². The summed E-state index contributed by atoms with van der Waals surface area (Å²) in [5.74, 6) is -0.606. The van der Waals surface area contributed by atoms with Gasteiger partial charge in [-0.05, 0) is 6.92 Å². The number of nitrogens with one attached hydrogen (secondary N) is 2. The highest BCUT2D eigenvalue weighted by Crippen LogP contribution is 1.89. The van der Waals surface area contributed by atoms with Crippen LogP contribution in [0.1, 0.15) is 19.8 Å². The molecule has 0 fully saturated rings. The average molecular weight is 230 g/mol. The van der Waals surface area contributed by atoms with E-state index < -0.39 is 0 Å². The number of ether oxygens (including phenoxy) is 1. The fourth-order valence-electron chi connectivity index (χ4n) is 0.912. The first-order valence-corrected chi connectivity index (χ1v) is 5.08. The van der Waals surface area contributed by atoms with Gasteiger partial charge in [-0.25, -0.2) is 0 Å². The van der Waals surface area contributed by atoms with Crippen molar-refractivity contribution in [3.8, 4) is 0 Å². The van der Waals surface area contributed by atoms with Crippen molar-refractivity contribution in [3.05, 3.63) is 0 Å². The average Bonchev–Trinajstić information content (AvgIpc) is 2.24. The smallest absolute Gasteiger partial charge is 0.239 e. The summed E-state index contributed by atoms with van der Waals surface area (Å²) in [4.78, 5) is 32.8. The van der Waals surface area contributed by atoms with Crippen LogP contribution in [0.2, 0.25) is 0 Å². The van der Waals surface area contributed by atoms with E-state index in [-0.39, 0.29) is 37.0 Å². The maximum absolute atomic E-state index is 11.1. The molecule has 2 amide bonds. The zero-order valence-corrected chi connectivity index (χ0v) is 9.67. The Morgan fingerprint density at radius 2 is 1.75 bits per heavy atom. The van der Waals surface area contributed by atoms with Gasteiger partial charge < -0.3 is 20.2 Å². The van der Waals surface area contributed by atoms with Crippen LogP contribution >= 0.6 is 0 Å². The summed E-state index contributed by atoms with van der Waals surface area (Å²) in [6.07, 6.45) is 0.331. The van der Waals surface area contributed by atoms with E-state index >= 15 is 0 Å². The number of ketones is 1. The van der Waals surface area contributed by atoms with Crippen molar-refractivity contribution in [2.24, 2.45) is 0 Å². The second-order valence-electron chi connectivity index (χ2n) is 3.32. The Balaban J connectivity index is 3.51. The van der Waals surface area contributed by atoms with Gasteiger partial charge >= 0.3 is 0 Å². The van der Waals surface area contributed by atoms with E-state index in [4.69, 9.17) is 4.74 Å². The monoisotopic (exact) mass is 230 g/mol. The van der Waals surface area contributed by atoms with Crippen LogP contribution in [0.3, 0.4) is 0 Å². The van der Waals surface area contributed by atoms with Crippen LogP contribution < -0.4 is 10.6 Å². The lowest BCUT2D eigenvalue weighted by molar-refractivity contribution is -0.127. The number of rotatable bonds is 8. The predicted molar refractivity (Wildman–Crippen MR) is 57.8 cm³/mol. The van der Waals surface area contributed by atoms with Crippen LogP contribution in [-0.4, -0.2) is 44.4 Å². The molecular weight excluding hydrogens is 212 g/mol. The predicted octanol–water partition coefficient (Wildman–Crippen LogP) is -0.766. The highest BCUT2D eigenvalue weighted by molar-refractivity contribution is 5.87. The molecule has 0 aliphatic rings. The van der Waals surface area contributed by atoms with Gasteiger partial charge in [0.15, 0.2) is 0 Å². The molecule has 6 heteroatoms. The van der Waals surface area contributed by atoms with E-state index in [1.165, 1.54) is 14.0 Å². The number of carbonyl (C=O) groups is 3. The molecule has 0 atom stereocenters. The summed E-state index contributed by atoms with van der Waals surface area (Å²) in [6, 6.07) is 0. The summed E-state index contributed by atoms with van der Waals surface area (Å²) in [6.45, 7) is 2.20. The first-order chi connectivity index (χ1) is 7.56. The number of Topliss-reactive ketones (excluding diaryl/α,β-unsaturated/α-hetero) is 1. The molecular formula is C10H18N2O4. The molecule has 6 nitrogen and oxygen atoms in total. The maximum Gasteiger partial charge on any atom is 0.239 e. The molecule has 0 rings (SSSR count). The third-order valence-corrected chi connectivity index (χ3v) is 1.78. The Hall–Kier alpha value is -1.43. The van der Waals surface area contributed by atoms with Gasteiger partial charge in [0.1, 0.15) is 5.78 Å². The van der Waals surface area contributed by atoms with Crippen molar-refractivity contribution >= 4 is 17.6 Å². The number of hydrogen-bond donors (Lipinski definition) is 2. The topological polar surface area (TPSA) is 84.5 Å². The zero-order valence-electron chi connectivity index (χ0n) is 9.67. The molecule has 0 aromatic heterocycles. The Morgan fingerprint density at radius 1 is 1.06 bits per heavy atom. The lowest BCUT2D eigenvalue weighted by atomic mass is 10.2. The molecule has 0 saturated heterocycles. The molecule has 0 aromatic carbocycles. The normalized spacial score (nSPS) is 9.62. The Morgan fingerprint density at radius 3 is 2.31 bits per heavy atom. The van der Waals surface area contributed by atoms with Gasteiger partial charge in [-0.1, -0.05) is 0 Å². The summed E-state index contributed by atoms with van der Waals surface area (Å²) in [5, 5.41) is 4.98. The van der Waals surface area contributed by atoms with E-state index in [1.54, 1.807) is 0 Å². The van der Waals surface area contributed by atoms with Crippen LogP contribution in [0.25, 0.3) is 0 Å². The molecule has 0 aliphatic carbocycles. The quantitative estimate of drug-likeness (QED) is 0.536. The SMILES string of the molecule is COCCNC(=O)CNC(=O)CCC(C)=O. The highest BCUT2D eigenvalue weighted by atomic mass is 16.5. The largest absolute Gasteiger partial charge is 0.383 e. The molecule has 0 heterocycles. The summed E-state index contributed by atoms with van der Waals surface area (Å²) in [5.41, 5.74) is 0. The fourth-order valence-corrected chi connectivity index (χ4v) is 0.912. The van der Waals surface area contributed by atoms with Crippen molar-refractivity contribution in [1.29, 1.82) is 0 Å². The van der Waals surface area contributed by atoms with Crippen molar-refractivity contribution in [2.75, 3.05) is 26.8 Å². The first kappa shape index (κ1) is 14.6. The van der Waals surface area contributed by atoms with Crippen molar-refractivity contribution in [2.45, 2.75) is 19.8 Å². The van der Waals surface area contributed by atoms with Gasteiger partial charge in [0.25, 0.3) is 0 Å². The molecule has 0 radical (unpaired) electrons. The third kappa shape index (κ3) is 9.14. The molecule has 0 saturated carbocycles. The summed E-state index contributed by atoms with van der Waals surface area (Å²) >= 11 is 0. The minimum Gasteiger partial charge on any atom is -0.383 e. The van der Waals surface area contributed by atoms with Gasteiger partial charge in [-0.2, -0.15) is 0 Å². The zero-order chi connectivity index (χ0) is 12.4. The van der Waals surface area contributed by atoms with Crippen LogP contribution in [0.15, 0.2) is 0 Å². The molecule has 16 heavy (non-hydrogen) atoms. The summed E-state index contributed by atoms with van der Waals surface area (Å²) < 4.78 is 4.74. The van der Waals surface area contributed by atoms with E-state index in [0.29, 0.717) is 13.2 Å². The number of methoxy groups -OCH3 is 1. The molecule has 0 bridgehead atoms. The Bertz CT molecular complexity index is 253. The lowest BCUT2D eigenvalue weighted by Gasteiger charge is -2.05. The molecule has 0 spiro atoms. The second kappa shape index (κ2) is 8.84. The van der Waals surface area contributed by atoms with E-state index in [0.717, 1.165) is 0 Å². The standard InChI is InChI=1S/C10H18N2O4/c1-8(13)3-4-9(14)12-7-10(15)11-5-6-16-2/h3-7H2,1-2H3,(H,11,15)(H,12,14). The van der Waals surface area contributed by atoms with Gasteiger partial charge in [0.05, 0.1) is 13.2 Å². The van der Waals surface area contributed by atoms with Crippen molar-refractivity contribution in [1.82, 2.24) is 10.6 Å². The lowest BCUT2D eigenvalue weighted by Crippen LogP contribution is -2.38.